The number of amides is 1. The van der Waals surface area contributed by atoms with Crippen molar-refractivity contribution in [3.05, 3.63) is 83.7 Å². The third-order valence-corrected chi connectivity index (χ3v) is 5.62. The molecular formula is C19H18FNO4S. The molecule has 0 unspecified atom stereocenters. The summed E-state index contributed by atoms with van der Waals surface area (Å²) in [6, 6.07) is 13.9. The Labute approximate surface area is 151 Å². The lowest BCUT2D eigenvalue weighted by molar-refractivity contribution is 0.0665. The van der Waals surface area contributed by atoms with Gasteiger partial charge >= 0.3 is 0 Å². The highest BCUT2D eigenvalue weighted by Gasteiger charge is 2.36. The predicted octanol–water partition coefficient (Wildman–Crippen LogP) is 2.75. The normalized spacial score (nSPS) is 18.7. The van der Waals surface area contributed by atoms with Crippen molar-refractivity contribution in [2.45, 2.75) is 12.6 Å². The van der Waals surface area contributed by atoms with Crippen molar-refractivity contribution in [1.82, 2.24) is 4.31 Å². The van der Waals surface area contributed by atoms with Crippen LogP contribution in [0.1, 0.15) is 15.9 Å². The van der Waals surface area contributed by atoms with Crippen LogP contribution in [0.15, 0.2) is 66.7 Å². The Morgan fingerprint density at radius 1 is 1.12 bits per heavy atom. The van der Waals surface area contributed by atoms with Gasteiger partial charge in [-0.15, -0.1) is 0 Å². The molecule has 1 heterocycles. The molecule has 0 N–H and O–H groups in total. The highest BCUT2D eigenvalue weighted by Crippen LogP contribution is 2.21. The topological polar surface area (TPSA) is 63.7 Å². The average molecular weight is 375 g/mol. The third-order valence-electron chi connectivity index (χ3n) is 3.97. The van der Waals surface area contributed by atoms with Crippen molar-refractivity contribution in [2.24, 2.45) is 0 Å². The molecule has 0 saturated heterocycles. The summed E-state index contributed by atoms with van der Waals surface area (Å²) in [7, 11) is -3.88. The molecule has 2 aromatic rings. The van der Waals surface area contributed by atoms with E-state index in [1.165, 1.54) is 24.3 Å². The first-order chi connectivity index (χ1) is 12.5. The molecule has 0 bridgehead atoms. The highest BCUT2D eigenvalue weighted by atomic mass is 32.2. The van der Waals surface area contributed by atoms with Crippen LogP contribution in [0.3, 0.4) is 0 Å². The zero-order chi connectivity index (χ0) is 18.6. The Hall–Kier alpha value is -2.51. The van der Waals surface area contributed by atoms with Gasteiger partial charge in [-0.05, 0) is 17.7 Å². The molecule has 1 amide bonds. The first-order valence-electron chi connectivity index (χ1n) is 8.08. The van der Waals surface area contributed by atoms with Gasteiger partial charge < -0.3 is 4.74 Å². The number of halogens is 1. The van der Waals surface area contributed by atoms with Gasteiger partial charge in [0, 0.05) is 0 Å². The summed E-state index contributed by atoms with van der Waals surface area (Å²) < 4.78 is 45.1. The SMILES string of the molecule is O=C(c1ccccc1F)N1[C@@H](COCc2ccccc2)C=CCS1(=O)=O. The van der Waals surface area contributed by atoms with Crippen LogP contribution in [-0.2, 0) is 21.4 Å². The average Bonchev–Trinajstić information content (AvgIpc) is 2.62. The van der Waals surface area contributed by atoms with E-state index in [0.717, 1.165) is 15.9 Å². The minimum absolute atomic E-state index is 0.00911. The van der Waals surface area contributed by atoms with Gasteiger partial charge in [-0.1, -0.05) is 54.6 Å². The van der Waals surface area contributed by atoms with Gasteiger partial charge in [0.25, 0.3) is 5.91 Å². The van der Waals surface area contributed by atoms with Gasteiger partial charge in [0.05, 0.1) is 30.6 Å². The van der Waals surface area contributed by atoms with Gasteiger partial charge in [-0.3, -0.25) is 4.79 Å². The number of carbonyl (C=O) groups is 1. The molecular weight excluding hydrogens is 357 g/mol. The molecule has 5 nitrogen and oxygen atoms in total. The molecule has 1 aliphatic rings. The Morgan fingerprint density at radius 3 is 2.54 bits per heavy atom. The molecule has 136 valence electrons. The largest absolute Gasteiger partial charge is 0.374 e. The van der Waals surface area contributed by atoms with E-state index in [1.807, 2.05) is 30.3 Å². The van der Waals surface area contributed by atoms with Crippen LogP contribution >= 0.6 is 0 Å². The summed E-state index contributed by atoms with van der Waals surface area (Å²) in [4.78, 5) is 12.7. The minimum Gasteiger partial charge on any atom is -0.374 e. The fourth-order valence-corrected chi connectivity index (χ4v) is 4.13. The standard InChI is InChI=1S/C19H18FNO4S/c20-18-11-5-4-10-17(18)19(22)21-16(9-6-12-26(21,23)24)14-25-13-15-7-2-1-3-8-15/h1-11,16H,12-14H2/t16-/m1/s1. The number of sulfonamides is 1. The third kappa shape index (κ3) is 4.00. The first kappa shape index (κ1) is 18.3. The first-order valence-corrected chi connectivity index (χ1v) is 9.69. The van der Waals surface area contributed by atoms with Crippen LogP contribution in [0.4, 0.5) is 4.39 Å². The number of ether oxygens (including phenoxy) is 1. The summed E-state index contributed by atoms with van der Waals surface area (Å²) in [5, 5.41) is 0. The van der Waals surface area contributed by atoms with Gasteiger partial charge in [-0.25, -0.2) is 17.1 Å². The van der Waals surface area contributed by atoms with Gasteiger partial charge in [0.1, 0.15) is 5.82 Å². The molecule has 0 spiro atoms. The maximum atomic E-state index is 14.0. The lowest BCUT2D eigenvalue weighted by Crippen LogP contribution is -2.49. The molecule has 1 atom stereocenters. The van der Waals surface area contributed by atoms with E-state index in [2.05, 4.69) is 0 Å². The number of nitrogens with zero attached hydrogens (tertiary/aromatic N) is 1. The summed E-state index contributed by atoms with van der Waals surface area (Å²) >= 11 is 0. The van der Waals surface area contributed by atoms with Crippen molar-refractivity contribution in [3.8, 4) is 0 Å². The molecule has 0 fully saturated rings. The lowest BCUT2D eigenvalue weighted by Gasteiger charge is -2.31. The van der Waals surface area contributed by atoms with Crippen molar-refractivity contribution in [2.75, 3.05) is 12.4 Å². The molecule has 0 saturated carbocycles. The maximum Gasteiger partial charge on any atom is 0.270 e. The fraction of sp³-hybridized carbons (Fsp3) is 0.211. The number of rotatable bonds is 5. The second-order valence-electron chi connectivity index (χ2n) is 5.86. The van der Waals surface area contributed by atoms with Gasteiger partial charge in [-0.2, -0.15) is 0 Å². The maximum absolute atomic E-state index is 14.0. The number of benzene rings is 2. The molecule has 2 aromatic carbocycles. The second kappa shape index (κ2) is 7.80. The molecule has 26 heavy (non-hydrogen) atoms. The van der Waals surface area contributed by atoms with Crippen LogP contribution in [0.5, 0.6) is 0 Å². The van der Waals surface area contributed by atoms with E-state index in [9.17, 15) is 17.6 Å². The predicted molar refractivity (Wildman–Crippen MR) is 95.4 cm³/mol. The van der Waals surface area contributed by atoms with Crippen molar-refractivity contribution >= 4 is 15.9 Å². The fourth-order valence-electron chi connectivity index (χ4n) is 2.72. The molecule has 7 heteroatoms. The molecule has 0 aliphatic carbocycles. The van der Waals surface area contributed by atoms with Crippen LogP contribution < -0.4 is 0 Å². The monoisotopic (exact) mass is 375 g/mol. The van der Waals surface area contributed by atoms with E-state index in [1.54, 1.807) is 6.08 Å². The Kier molecular flexibility index (Phi) is 5.49. The molecule has 1 aliphatic heterocycles. The number of hydrogen-bond acceptors (Lipinski definition) is 4. The van der Waals surface area contributed by atoms with E-state index in [-0.39, 0.29) is 24.5 Å². The Bertz CT molecular complexity index is 912. The zero-order valence-electron chi connectivity index (χ0n) is 13.9. The minimum atomic E-state index is -3.88. The number of carbonyl (C=O) groups excluding carboxylic acids is 1. The number of hydrogen-bond donors (Lipinski definition) is 0. The Balaban J connectivity index is 1.79. The quantitative estimate of drug-likeness (QED) is 0.754. The summed E-state index contributed by atoms with van der Waals surface area (Å²) in [6.07, 6.45) is 3.09. The second-order valence-corrected chi connectivity index (χ2v) is 7.75. The Morgan fingerprint density at radius 2 is 1.81 bits per heavy atom. The van der Waals surface area contributed by atoms with Crippen LogP contribution in [0, 0.1) is 5.82 Å². The van der Waals surface area contributed by atoms with E-state index < -0.39 is 27.8 Å². The molecule has 0 aromatic heterocycles. The van der Waals surface area contributed by atoms with Crippen LogP contribution in [0.2, 0.25) is 0 Å². The summed E-state index contributed by atoms with van der Waals surface area (Å²) in [5.74, 6) is -1.95. The van der Waals surface area contributed by atoms with Crippen molar-refractivity contribution in [1.29, 1.82) is 0 Å². The zero-order valence-corrected chi connectivity index (χ0v) is 14.7. The van der Waals surface area contributed by atoms with Crippen molar-refractivity contribution in [3.63, 3.8) is 0 Å². The van der Waals surface area contributed by atoms with E-state index in [4.69, 9.17) is 4.74 Å². The van der Waals surface area contributed by atoms with Crippen LogP contribution in [-0.4, -0.2) is 37.0 Å². The van der Waals surface area contributed by atoms with Crippen molar-refractivity contribution < 1.29 is 22.3 Å². The van der Waals surface area contributed by atoms with Crippen LogP contribution in [0.25, 0.3) is 0 Å². The summed E-state index contributed by atoms with van der Waals surface area (Å²) in [5.41, 5.74) is 0.654. The smallest absolute Gasteiger partial charge is 0.270 e. The van der Waals surface area contributed by atoms with Gasteiger partial charge in [0.15, 0.2) is 0 Å². The molecule has 3 rings (SSSR count). The highest BCUT2D eigenvalue weighted by molar-refractivity contribution is 7.89. The summed E-state index contributed by atoms with van der Waals surface area (Å²) in [6.45, 7) is 0.276. The molecule has 0 radical (unpaired) electrons. The van der Waals surface area contributed by atoms with E-state index in [0.29, 0.717) is 0 Å². The van der Waals surface area contributed by atoms with E-state index >= 15 is 0 Å². The lowest BCUT2D eigenvalue weighted by atomic mass is 10.1. The van der Waals surface area contributed by atoms with Gasteiger partial charge in [0.2, 0.25) is 10.0 Å².